The van der Waals surface area contributed by atoms with E-state index in [4.69, 9.17) is 9.47 Å². The average Bonchev–Trinajstić information content (AvgIpc) is 3.36. The highest BCUT2D eigenvalue weighted by Crippen LogP contribution is 2.32. The average molecular weight is 383 g/mol. The molecule has 0 aromatic heterocycles. The molecule has 0 unspecified atom stereocenters. The van der Waals surface area contributed by atoms with E-state index in [-0.39, 0.29) is 17.9 Å². The summed E-state index contributed by atoms with van der Waals surface area (Å²) in [4.78, 5) is 11.8. The van der Waals surface area contributed by atoms with Crippen molar-refractivity contribution in [1.82, 2.24) is 4.72 Å². The van der Waals surface area contributed by atoms with Crippen molar-refractivity contribution in [2.75, 3.05) is 23.7 Å². The van der Waals surface area contributed by atoms with Crippen LogP contribution in [-0.2, 0) is 14.8 Å². The number of hydrogen-bond donors (Lipinski definition) is 3. The Kier molecular flexibility index (Phi) is 5.03. The van der Waals surface area contributed by atoms with Crippen LogP contribution in [0.3, 0.4) is 0 Å². The van der Waals surface area contributed by atoms with Crippen LogP contribution in [0.25, 0.3) is 0 Å². The van der Waals surface area contributed by atoms with Crippen molar-refractivity contribution in [3.8, 4) is 5.75 Å². The van der Waals surface area contributed by atoms with Crippen molar-refractivity contribution in [3.63, 3.8) is 0 Å². The third-order valence-corrected chi connectivity index (χ3v) is 5.83. The van der Waals surface area contributed by atoms with Gasteiger partial charge in [0.2, 0.25) is 10.0 Å². The number of ether oxygens (including phenoxy) is 2. The molecule has 1 aromatic rings. The summed E-state index contributed by atoms with van der Waals surface area (Å²) in [6.45, 7) is 6.09. The van der Waals surface area contributed by atoms with Gasteiger partial charge in [-0.2, -0.15) is 0 Å². The van der Waals surface area contributed by atoms with E-state index in [2.05, 4.69) is 15.4 Å². The predicted octanol–water partition coefficient (Wildman–Crippen LogP) is 2.29. The first-order chi connectivity index (χ1) is 12.1. The van der Waals surface area contributed by atoms with Gasteiger partial charge in [0.25, 0.3) is 0 Å². The van der Waals surface area contributed by atoms with Crippen LogP contribution in [0, 0.1) is 0 Å². The molecule has 8 nitrogen and oxygen atoms in total. The Balaban J connectivity index is 1.56. The van der Waals surface area contributed by atoms with Crippen LogP contribution < -0.4 is 20.1 Å². The summed E-state index contributed by atoms with van der Waals surface area (Å²) in [5.41, 5.74) is 0.752. The third kappa shape index (κ3) is 5.01. The SMILES string of the molecule is CC(C)(C)OC(=O)Nc1ccc2c(c1)NC[C@H](CNS(=O)(=O)C1CC1)O2. The number of carbonyl (C=O) groups excluding carboxylic acids is 1. The summed E-state index contributed by atoms with van der Waals surface area (Å²) in [6, 6.07) is 5.20. The van der Waals surface area contributed by atoms with E-state index >= 15 is 0 Å². The van der Waals surface area contributed by atoms with Crippen LogP contribution >= 0.6 is 0 Å². The Hall–Kier alpha value is -2.00. The van der Waals surface area contributed by atoms with Crippen LogP contribution in [-0.4, -0.2) is 44.6 Å². The summed E-state index contributed by atoms with van der Waals surface area (Å²) in [5.74, 6) is 0.613. The van der Waals surface area contributed by atoms with Gasteiger partial charge in [0, 0.05) is 12.2 Å². The van der Waals surface area contributed by atoms with E-state index in [0.29, 0.717) is 18.0 Å². The fourth-order valence-electron chi connectivity index (χ4n) is 2.53. The Morgan fingerprint density at radius 3 is 2.73 bits per heavy atom. The van der Waals surface area contributed by atoms with Gasteiger partial charge in [-0.15, -0.1) is 0 Å². The Bertz CT molecular complexity index is 784. The van der Waals surface area contributed by atoms with E-state index < -0.39 is 21.7 Å². The van der Waals surface area contributed by atoms with Gasteiger partial charge in [-0.1, -0.05) is 0 Å². The number of hydrogen-bond acceptors (Lipinski definition) is 6. The van der Waals surface area contributed by atoms with Crippen LogP contribution in [0.1, 0.15) is 33.6 Å². The molecule has 0 spiro atoms. The Labute approximate surface area is 153 Å². The summed E-state index contributed by atoms with van der Waals surface area (Å²) in [7, 11) is -3.22. The van der Waals surface area contributed by atoms with E-state index in [9.17, 15) is 13.2 Å². The number of sulfonamides is 1. The molecule has 0 bridgehead atoms. The highest BCUT2D eigenvalue weighted by Gasteiger charge is 2.36. The zero-order valence-electron chi connectivity index (χ0n) is 15.2. The molecule has 1 atom stereocenters. The largest absolute Gasteiger partial charge is 0.485 e. The maximum absolute atomic E-state index is 11.9. The first-order valence-electron chi connectivity index (χ1n) is 8.65. The molecule has 1 amide bonds. The zero-order valence-corrected chi connectivity index (χ0v) is 16.0. The molecule has 0 radical (unpaired) electrons. The molecule has 144 valence electrons. The van der Waals surface area contributed by atoms with Gasteiger partial charge >= 0.3 is 6.09 Å². The van der Waals surface area contributed by atoms with Gasteiger partial charge in [-0.3, -0.25) is 5.32 Å². The number of carbonyl (C=O) groups is 1. The molecule has 26 heavy (non-hydrogen) atoms. The van der Waals surface area contributed by atoms with Crippen LogP contribution in [0.4, 0.5) is 16.2 Å². The normalized spacial score (nSPS) is 19.7. The molecular weight excluding hydrogens is 358 g/mol. The number of amides is 1. The van der Waals surface area contributed by atoms with Crippen LogP contribution in [0.2, 0.25) is 0 Å². The molecule has 1 aliphatic carbocycles. The van der Waals surface area contributed by atoms with Gasteiger partial charge in [0.1, 0.15) is 17.5 Å². The molecule has 1 aliphatic heterocycles. The second-order valence-corrected chi connectivity index (χ2v) is 9.60. The topological polar surface area (TPSA) is 106 Å². The maximum Gasteiger partial charge on any atom is 0.412 e. The van der Waals surface area contributed by atoms with Crippen molar-refractivity contribution in [2.45, 2.75) is 50.6 Å². The van der Waals surface area contributed by atoms with Crippen molar-refractivity contribution >= 4 is 27.5 Å². The molecule has 1 saturated carbocycles. The summed E-state index contributed by atoms with van der Waals surface area (Å²) in [5, 5.41) is 5.64. The summed E-state index contributed by atoms with van der Waals surface area (Å²) < 4.78 is 37.4. The van der Waals surface area contributed by atoms with E-state index in [1.54, 1.807) is 39.0 Å². The minimum atomic E-state index is -3.22. The summed E-state index contributed by atoms with van der Waals surface area (Å²) >= 11 is 0. The monoisotopic (exact) mass is 383 g/mol. The molecule has 1 fully saturated rings. The standard InChI is InChI=1S/C17H25N3O5S/c1-17(2,3)25-16(21)20-11-4-7-15-14(8-11)18-9-12(24-15)10-19-26(22,23)13-5-6-13/h4,7-8,12-13,18-19H,5-6,9-10H2,1-3H3,(H,20,21)/t12-/m1/s1. The zero-order chi connectivity index (χ0) is 18.9. The van der Waals surface area contributed by atoms with E-state index in [1.807, 2.05) is 0 Å². The molecule has 9 heteroatoms. The van der Waals surface area contributed by atoms with Crippen LogP contribution in [0.15, 0.2) is 18.2 Å². The van der Waals surface area contributed by atoms with E-state index in [0.717, 1.165) is 18.5 Å². The molecule has 3 N–H and O–H groups in total. The van der Waals surface area contributed by atoms with Gasteiger partial charge in [-0.05, 0) is 51.8 Å². The van der Waals surface area contributed by atoms with Crippen LogP contribution in [0.5, 0.6) is 5.75 Å². The fraction of sp³-hybridized carbons (Fsp3) is 0.588. The first kappa shape index (κ1) is 18.8. The molecule has 0 saturated heterocycles. The van der Waals surface area contributed by atoms with Crippen molar-refractivity contribution in [2.24, 2.45) is 0 Å². The van der Waals surface area contributed by atoms with Crippen molar-refractivity contribution in [1.29, 1.82) is 0 Å². The van der Waals surface area contributed by atoms with Crippen molar-refractivity contribution < 1.29 is 22.7 Å². The predicted molar refractivity (Wildman–Crippen MR) is 99.1 cm³/mol. The lowest BCUT2D eigenvalue weighted by Crippen LogP contribution is -2.42. The quantitative estimate of drug-likeness (QED) is 0.720. The molecule has 1 heterocycles. The van der Waals surface area contributed by atoms with Crippen molar-refractivity contribution in [3.05, 3.63) is 18.2 Å². The van der Waals surface area contributed by atoms with Gasteiger partial charge < -0.3 is 14.8 Å². The minimum Gasteiger partial charge on any atom is -0.485 e. The molecule has 2 aliphatic rings. The van der Waals surface area contributed by atoms with Gasteiger partial charge in [0.05, 0.1) is 17.5 Å². The molecule has 1 aromatic carbocycles. The number of rotatable bonds is 5. The number of anilines is 2. The first-order valence-corrected chi connectivity index (χ1v) is 10.2. The highest BCUT2D eigenvalue weighted by atomic mass is 32.2. The smallest absolute Gasteiger partial charge is 0.412 e. The second-order valence-electron chi connectivity index (χ2n) is 7.55. The Morgan fingerprint density at radius 1 is 1.35 bits per heavy atom. The lowest BCUT2D eigenvalue weighted by atomic mass is 10.2. The molecule has 3 rings (SSSR count). The lowest BCUT2D eigenvalue weighted by molar-refractivity contribution is 0.0636. The third-order valence-electron chi connectivity index (χ3n) is 3.91. The number of benzene rings is 1. The summed E-state index contributed by atoms with van der Waals surface area (Å²) in [6.07, 6.45) is 0.646. The Morgan fingerprint density at radius 2 is 2.08 bits per heavy atom. The number of fused-ring (bicyclic) bond motifs is 1. The van der Waals surface area contributed by atoms with Gasteiger partial charge in [0.15, 0.2) is 0 Å². The lowest BCUT2D eigenvalue weighted by Gasteiger charge is -2.28. The van der Waals surface area contributed by atoms with E-state index in [1.165, 1.54) is 0 Å². The number of nitrogens with one attached hydrogen (secondary N) is 3. The van der Waals surface area contributed by atoms with Gasteiger partial charge in [-0.25, -0.2) is 17.9 Å². The minimum absolute atomic E-state index is 0.225. The second kappa shape index (κ2) is 6.96. The highest BCUT2D eigenvalue weighted by molar-refractivity contribution is 7.90. The fourth-order valence-corrected chi connectivity index (χ4v) is 3.94. The molecular formula is C17H25N3O5S. The maximum atomic E-state index is 11.9.